The molecule has 0 spiro atoms. The number of hydrogen-bond donors (Lipinski definition) is 0. The van der Waals surface area contributed by atoms with Gasteiger partial charge in [-0.25, -0.2) is 0 Å². The van der Waals surface area contributed by atoms with Crippen LogP contribution in [0.25, 0.3) is 0 Å². The quantitative estimate of drug-likeness (QED) is 0.588. The van der Waals surface area contributed by atoms with Gasteiger partial charge >= 0.3 is 0 Å². The number of carbonyl (C=O) groups is 1. The number of nitrogens with zero attached hydrogens (tertiary/aromatic N) is 2. The van der Waals surface area contributed by atoms with Gasteiger partial charge in [0.2, 0.25) is 5.91 Å². The van der Waals surface area contributed by atoms with Crippen molar-refractivity contribution in [2.45, 2.75) is 19.9 Å². The van der Waals surface area contributed by atoms with Crippen molar-refractivity contribution in [2.24, 2.45) is 0 Å². The van der Waals surface area contributed by atoms with Gasteiger partial charge in [-0.15, -0.1) is 0 Å². The molecule has 3 heteroatoms. The van der Waals surface area contributed by atoms with E-state index >= 15 is 0 Å². The second-order valence-corrected chi connectivity index (χ2v) is 3.47. The van der Waals surface area contributed by atoms with Crippen LogP contribution in [0.5, 0.6) is 0 Å². The van der Waals surface area contributed by atoms with Crippen LogP contribution in [-0.4, -0.2) is 47.9 Å². The SMILES string of the molecule is C=CC(=O)N1CCN(CC)C(C)C1. The zero-order chi connectivity index (χ0) is 9.84. The highest BCUT2D eigenvalue weighted by Crippen LogP contribution is 2.08. The summed E-state index contributed by atoms with van der Waals surface area (Å²) < 4.78 is 0. The third kappa shape index (κ3) is 2.31. The van der Waals surface area contributed by atoms with E-state index in [0.717, 1.165) is 26.2 Å². The zero-order valence-electron chi connectivity index (χ0n) is 8.49. The van der Waals surface area contributed by atoms with E-state index in [0.29, 0.717) is 6.04 Å². The molecule has 1 amide bonds. The molecule has 1 rings (SSSR count). The predicted molar refractivity (Wildman–Crippen MR) is 53.5 cm³/mol. The van der Waals surface area contributed by atoms with Crippen molar-refractivity contribution in [1.82, 2.24) is 9.80 Å². The van der Waals surface area contributed by atoms with Gasteiger partial charge in [-0.2, -0.15) is 0 Å². The Bertz CT molecular complexity index is 203. The molecule has 13 heavy (non-hydrogen) atoms. The highest BCUT2D eigenvalue weighted by molar-refractivity contribution is 5.87. The maximum absolute atomic E-state index is 11.3. The van der Waals surface area contributed by atoms with Crippen LogP contribution in [0, 0.1) is 0 Å². The van der Waals surface area contributed by atoms with Gasteiger partial charge in [-0.1, -0.05) is 13.5 Å². The Morgan fingerprint density at radius 2 is 2.31 bits per heavy atom. The Morgan fingerprint density at radius 3 is 2.77 bits per heavy atom. The topological polar surface area (TPSA) is 23.6 Å². The second-order valence-electron chi connectivity index (χ2n) is 3.47. The van der Waals surface area contributed by atoms with Gasteiger partial charge in [0.1, 0.15) is 0 Å². The monoisotopic (exact) mass is 182 g/mol. The van der Waals surface area contributed by atoms with E-state index in [9.17, 15) is 4.79 Å². The second kappa shape index (κ2) is 4.42. The van der Waals surface area contributed by atoms with Gasteiger partial charge in [0.05, 0.1) is 0 Å². The molecule has 1 unspecified atom stereocenters. The lowest BCUT2D eigenvalue weighted by Gasteiger charge is -2.38. The van der Waals surface area contributed by atoms with E-state index in [2.05, 4.69) is 25.3 Å². The first-order valence-electron chi connectivity index (χ1n) is 4.84. The summed E-state index contributed by atoms with van der Waals surface area (Å²) in [5.74, 6) is 0.0580. The maximum atomic E-state index is 11.3. The van der Waals surface area contributed by atoms with Crippen LogP contribution in [0.3, 0.4) is 0 Å². The van der Waals surface area contributed by atoms with Crippen molar-refractivity contribution < 1.29 is 4.79 Å². The number of amides is 1. The predicted octanol–water partition coefficient (Wildman–Crippen LogP) is 0.725. The minimum absolute atomic E-state index is 0.0580. The van der Waals surface area contributed by atoms with Gasteiger partial charge in [0.25, 0.3) is 0 Å². The summed E-state index contributed by atoms with van der Waals surface area (Å²) in [4.78, 5) is 15.5. The molecule has 0 aromatic heterocycles. The van der Waals surface area contributed by atoms with Gasteiger partial charge in [0.15, 0.2) is 0 Å². The molecule has 1 fully saturated rings. The third-order valence-electron chi connectivity index (χ3n) is 2.66. The Labute approximate surface area is 80.0 Å². The van der Waals surface area contributed by atoms with Gasteiger partial charge < -0.3 is 4.90 Å². The average molecular weight is 182 g/mol. The minimum atomic E-state index is 0.0580. The number of carbonyl (C=O) groups excluding carboxylic acids is 1. The average Bonchev–Trinajstić information content (AvgIpc) is 2.16. The van der Waals surface area contributed by atoms with Gasteiger partial charge in [-0.05, 0) is 19.5 Å². The molecule has 1 aliphatic heterocycles. The lowest BCUT2D eigenvalue weighted by atomic mass is 10.2. The van der Waals surface area contributed by atoms with Crippen molar-refractivity contribution in [3.8, 4) is 0 Å². The molecule has 0 aromatic carbocycles. The molecule has 0 aromatic rings. The third-order valence-corrected chi connectivity index (χ3v) is 2.66. The first kappa shape index (κ1) is 10.3. The van der Waals surface area contributed by atoms with E-state index in [-0.39, 0.29) is 5.91 Å². The molecule has 0 radical (unpaired) electrons. The summed E-state index contributed by atoms with van der Waals surface area (Å²) in [5.41, 5.74) is 0. The molecule has 3 nitrogen and oxygen atoms in total. The Balaban J connectivity index is 2.50. The number of piperazine rings is 1. The minimum Gasteiger partial charge on any atom is -0.336 e. The molecule has 74 valence electrons. The summed E-state index contributed by atoms with van der Waals surface area (Å²) in [5, 5.41) is 0. The summed E-state index contributed by atoms with van der Waals surface area (Å²) in [6.07, 6.45) is 1.40. The molecule has 0 bridgehead atoms. The van der Waals surface area contributed by atoms with Crippen LogP contribution in [0.15, 0.2) is 12.7 Å². The summed E-state index contributed by atoms with van der Waals surface area (Å²) in [6, 6.07) is 0.475. The van der Waals surface area contributed by atoms with Gasteiger partial charge in [0, 0.05) is 25.7 Å². The van der Waals surface area contributed by atoms with Crippen molar-refractivity contribution >= 4 is 5.91 Å². The molecule has 1 aliphatic rings. The Kier molecular flexibility index (Phi) is 3.48. The molecular formula is C10H18N2O. The Morgan fingerprint density at radius 1 is 1.62 bits per heavy atom. The van der Waals surface area contributed by atoms with Crippen LogP contribution < -0.4 is 0 Å². The first-order valence-corrected chi connectivity index (χ1v) is 4.84. The van der Waals surface area contributed by atoms with E-state index in [1.807, 2.05) is 4.90 Å². The van der Waals surface area contributed by atoms with E-state index in [1.54, 1.807) is 0 Å². The normalized spacial score (nSPS) is 24.5. The maximum Gasteiger partial charge on any atom is 0.246 e. The van der Waals surface area contributed by atoms with E-state index in [1.165, 1.54) is 6.08 Å². The summed E-state index contributed by atoms with van der Waals surface area (Å²) in [6.45, 7) is 11.5. The standard InChI is InChI=1S/C10H18N2O/c1-4-10(13)12-7-6-11(5-2)9(3)8-12/h4,9H,1,5-8H2,2-3H3. The van der Waals surface area contributed by atoms with E-state index < -0.39 is 0 Å². The van der Waals surface area contributed by atoms with Crippen molar-refractivity contribution in [3.05, 3.63) is 12.7 Å². The first-order chi connectivity index (χ1) is 6.19. The molecule has 1 saturated heterocycles. The number of rotatable bonds is 2. The molecule has 0 saturated carbocycles. The van der Waals surface area contributed by atoms with Crippen molar-refractivity contribution in [2.75, 3.05) is 26.2 Å². The molecule has 0 aliphatic carbocycles. The fourth-order valence-corrected chi connectivity index (χ4v) is 1.79. The summed E-state index contributed by atoms with van der Waals surface area (Å²) >= 11 is 0. The van der Waals surface area contributed by atoms with Crippen molar-refractivity contribution in [3.63, 3.8) is 0 Å². The zero-order valence-corrected chi connectivity index (χ0v) is 8.49. The lowest BCUT2D eigenvalue weighted by Crippen LogP contribution is -2.53. The Hall–Kier alpha value is -0.830. The summed E-state index contributed by atoms with van der Waals surface area (Å²) in [7, 11) is 0. The van der Waals surface area contributed by atoms with Crippen LogP contribution in [0.2, 0.25) is 0 Å². The van der Waals surface area contributed by atoms with Crippen LogP contribution in [0.4, 0.5) is 0 Å². The molecule has 1 heterocycles. The van der Waals surface area contributed by atoms with E-state index in [4.69, 9.17) is 0 Å². The smallest absolute Gasteiger partial charge is 0.246 e. The fourth-order valence-electron chi connectivity index (χ4n) is 1.79. The van der Waals surface area contributed by atoms with Crippen molar-refractivity contribution in [1.29, 1.82) is 0 Å². The van der Waals surface area contributed by atoms with Gasteiger partial charge in [-0.3, -0.25) is 9.69 Å². The molecule has 1 atom stereocenters. The number of likely N-dealkylation sites (N-methyl/N-ethyl adjacent to an activating group) is 1. The highest BCUT2D eigenvalue weighted by Gasteiger charge is 2.23. The van der Waals surface area contributed by atoms with Crippen LogP contribution in [-0.2, 0) is 4.79 Å². The van der Waals surface area contributed by atoms with Crippen LogP contribution in [0.1, 0.15) is 13.8 Å². The largest absolute Gasteiger partial charge is 0.336 e. The lowest BCUT2D eigenvalue weighted by molar-refractivity contribution is -0.128. The highest BCUT2D eigenvalue weighted by atomic mass is 16.2. The number of hydrogen-bond acceptors (Lipinski definition) is 2. The molecular weight excluding hydrogens is 164 g/mol. The molecule has 0 N–H and O–H groups in total. The van der Waals surface area contributed by atoms with Crippen LogP contribution >= 0.6 is 0 Å². The fraction of sp³-hybridized carbons (Fsp3) is 0.700.